The summed E-state index contributed by atoms with van der Waals surface area (Å²) in [7, 11) is 0. The minimum Gasteiger partial charge on any atom is -0.444 e. The van der Waals surface area contributed by atoms with Gasteiger partial charge >= 0.3 is 18.0 Å². The predicted octanol–water partition coefficient (Wildman–Crippen LogP) is 3.60. The van der Waals surface area contributed by atoms with Gasteiger partial charge < -0.3 is 20.2 Å². The largest absolute Gasteiger partial charge is 0.444 e. The number of carbonyl (C=O) groups excluding carboxylic acids is 1. The van der Waals surface area contributed by atoms with Crippen LogP contribution in [0, 0.1) is 10.1 Å². The van der Waals surface area contributed by atoms with Crippen molar-refractivity contribution in [1.82, 2.24) is 14.9 Å². The third kappa shape index (κ3) is 4.71. The lowest BCUT2D eigenvalue weighted by molar-refractivity contribution is -0.389. The molecule has 2 heterocycles. The molecule has 1 aromatic heterocycles. The van der Waals surface area contributed by atoms with E-state index in [1.807, 2.05) is 0 Å². The molecule has 0 saturated heterocycles. The molecule has 0 radical (unpaired) electrons. The number of ether oxygens (including phenoxy) is 1. The molecule has 32 heavy (non-hydrogen) atoms. The van der Waals surface area contributed by atoms with Crippen molar-refractivity contribution in [2.45, 2.75) is 25.2 Å². The van der Waals surface area contributed by atoms with E-state index in [2.05, 4.69) is 10.3 Å². The summed E-state index contributed by atoms with van der Waals surface area (Å²) in [5.74, 6) is -0.570. The molecule has 0 bridgehead atoms. The highest BCUT2D eigenvalue weighted by Crippen LogP contribution is 2.31. The van der Waals surface area contributed by atoms with Crippen molar-refractivity contribution < 1.29 is 27.6 Å². The van der Waals surface area contributed by atoms with Gasteiger partial charge in [0.25, 0.3) is 0 Å². The molecule has 1 aliphatic rings. The monoisotopic (exact) mass is 446 g/mol. The smallest absolute Gasteiger partial charge is 0.416 e. The Morgan fingerprint density at radius 2 is 1.78 bits per heavy atom. The van der Waals surface area contributed by atoms with E-state index in [4.69, 9.17) is 4.74 Å². The number of fused-ring (bicyclic) bond motifs is 1. The number of hydrogen-bond donors (Lipinski definition) is 1. The van der Waals surface area contributed by atoms with E-state index in [0.29, 0.717) is 12.1 Å². The van der Waals surface area contributed by atoms with Crippen molar-refractivity contribution in [2.75, 3.05) is 6.61 Å². The predicted molar refractivity (Wildman–Crippen MR) is 107 cm³/mol. The Bertz CT molecular complexity index is 1140. The molecule has 1 atom stereocenters. The second-order valence-electron chi connectivity index (χ2n) is 7.32. The molecular formula is C21H17F3N4O4. The van der Waals surface area contributed by atoms with Crippen molar-refractivity contribution in [1.29, 1.82) is 0 Å². The third-order valence-electron chi connectivity index (χ3n) is 4.97. The van der Waals surface area contributed by atoms with Gasteiger partial charge in [0.1, 0.15) is 12.8 Å². The van der Waals surface area contributed by atoms with E-state index >= 15 is 0 Å². The van der Waals surface area contributed by atoms with E-state index < -0.39 is 16.7 Å². The number of alkyl halides is 3. The van der Waals surface area contributed by atoms with E-state index in [-0.39, 0.29) is 36.8 Å². The molecule has 0 unspecified atom stereocenters. The average molecular weight is 446 g/mol. The Kier molecular flexibility index (Phi) is 5.56. The number of nitro groups is 1. The standard InChI is InChI=1S/C21H17F3N4O4/c22-21(23,24)16-7-5-15(6-8-16)14-3-1-13(2-4-14)9-19(29)25-17-10-27-11-18(28(30)31)26-20(27)32-12-17/h1-8,11,17H,9-10,12H2,(H,25,29)/t17-/m0/s1. The maximum absolute atomic E-state index is 12.7. The van der Waals surface area contributed by atoms with Crippen molar-refractivity contribution in [3.05, 3.63) is 76.0 Å². The summed E-state index contributed by atoms with van der Waals surface area (Å²) in [6, 6.07) is 11.6. The second-order valence-corrected chi connectivity index (χ2v) is 7.32. The second kappa shape index (κ2) is 8.33. The first-order valence-corrected chi connectivity index (χ1v) is 9.59. The number of carbonyl (C=O) groups is 1. The number of nitrogens with one attached hydrogen (secondary N) is 1. The molecule has 11 heteroatoms. The van der Waals surface area contributed by atoms with E-state index in [9.17, 15) is 28.1 Å². The Morgan fingerprint density at radius 1 is 1.16 bits per heavy atom. The minimum atomic E-state index is -4.38. The molecular weight excluding hydrogens is 429 g/mol. The fourth-order valence-electron chi connectivity index (χ4n) is 3.40. The van der Waals surface area contributed by atoms with Gasteiger partial charge in [-0.25, -0.2) is 0 Å². The van der Waals surface area contributed by atoms with Crippen LogP contribution in [0.4, 0.5) is 19.0 Å². The SMILES string of the molecule is O=C(Cc1ccc(-c2ccc(C(F)(F)F)cc2)cc1)N[C@@H]1COc2nc([N+](=O)[O-])cn2C1. The number of halogens is 3. The summed E-state index contributed by atoms with van der Waals surface area (Å²) in [5.41, 5.74) is 1.39. The van der Waals surface area contributed by atoms with E-state index in [0.717, 1.165) is 23.3 Å². The molecule has 0 fully saturated rings. The zero-order chi connectivity index (χ0) is 22.9. The molecule has 0 saturated carbocycles. The lowest BCUT2D eigenvalue weighted by Crippen LogP contribution is -2.45. The number of aromatic nitrogens is 2. The van der Waals surface area contributed by atoms with E-state index in [1.165, 1.54) is 22.9 Å². The topological polar surface area (TPSA) is 99.3 Å². The summed E-state index contributed by atoms with van der Waals surface area (Å²) in [4.78, 5) is 26.3. The van der Waals surface area contributed by atoms with E-state index in [1.54, 1.807) is 24.3 Å². The quantitative estimate of drug-likeness (QED) is 0.477. The Balaban J connectivity index is 1.34. The number of hydrogen-bond acceptors (Lipinski definition) is 5. The van der Waals surface area contributed by atoms with Crippen LogP contribution in [-0.4, -0.2) is 33.0 Å². The van der Waals surface area contributed by atoms with Gasteiger partial charge in [-0.3, -0.25) is 9.36 Å². The highest BCUT2D eigenvalue weighted by Gasteiger charge is 2.30. The first-order chi connectivity index (χ1) is 15.2. The molecule has 0 spiro atoms. The molecule has 166 valence electrons. The highest BCUT2D eigenvalue weighted by molar-refractivity contribution is 5.79. The highest BCUT2D eigenvalue weighted by atomic mass is 19.4. The lowest BCUT2D eigenvalue weighted by atomic mass is 10.0. The zero-order valence-corrected chi connectivity index (χ0v) is 16.5. The Morgan fingerprint density at radius 3 is 2.38 bits per heavy atom. The molecule has 4 rings (SSSR count). The average Bonchev–Trinajstić information content (AvgIpc) is 3.18. The van der Waals surface area contributed by atoms with Crippen molar-refractivity contribution in [3.8, 4) is 17.1 Å². The van der Waals surface area contributed by atoms with Crippen LogP contribution in [0.15, 0.2) is 54.7 Å². The molecule has 8 nitrogen and oxygen atoms in total. The summed E-state index contributed by atoms with van der Waals surface area (Å²) >= 11 is 0. The van der Waals surface area contributed by atoms with Crippen LogP contribution < -0.4 is 10.1 Å². The number of rotatable bonds is 5. The molecule has 1 N–H and O–H groups in total. The zero-order valence-electron chi connectivity index (χ0n) is 16.5. The van der Waals surface area contributed by atoms with Crippen LogP contribution in [-0.2, 0) is 23.9 Å². The van der Waals surface area contributed by atoms with Crippen molar-refractivity contribution in [3.63, 3.8) is 0 Å². The van der Waals surface area contributed by atoms with Crippen LogP contribution in [0.3, 0.4) is 0 Å². The van der Waals surface area contributed by atoms with Crippen LogP contribution >= 0.6 is 0 Å². The van der Waals surface area contributed by atoms with Gasteiger partial charge in [0.05, 0.1) is 24.6 Å². The summed E-state index contributed by atoms with van der Waals surface area (Å²) in [6.07, 6.45) is -3.03. The number of imidazole rings is 1. The number of benzene rings is 2. The van der Waals surface area contributed by atoms with Crippen LogP contribution in [0.5, 0.6) is 6.01 Å². The minimum absolute atomic E-state index is 0.0979. The molecule has 2 aromatic carbocycles. The first kappa shape index (κ1) is 21.3. The maximum Gasteiger partial charge on any atom is 0.416 e. The van der Waals surface area contributed by atoms with Crippen LogP contribution in [0.1, 0.15) is 11.1 Å². The number of amides is 1. The molecule has 1 amide bonds. The van der Waals surface area contributed by atoms with Crippen LogP contribution in [0.25, 0.3) is 11.1 Å². The normalized spacial score (nSPS) is 15.5. The molecule has 0 aliphatic carbocycles. The first-order valence-electron chi connectivity index (χ1n) is 9.59. The lowest BCUT2D eigenvalue weighted by Gasteiger charge is -2.23. The van der Waals surface area contributed by atoms with Gasteiger partial charge in [-0.15, -0.1) is 0 Å². The van der Waals surface area contributed by atoms with Crippen LogP contribution in [0.2, 0.25) is 0 Å². The summed E-state index contributed by atoms with van der Waals surface area (Å²) < 4.78 is 44.9. The Labute approximate surface area is 179 Å². The Hall–Kier alpha value is -3.89. The van der Waals surface area contributed by atoms with Gasteiger partial charge in [0, 0.05) is 4.98 Å². The summed E-state index contributed by atoms with van der Waals surface area (Å²) in [6.45, 7) is 0.446. The summed E-state index contributed by atoms with van der Waals surface area (Å²) in [5, 5.41) is 13.6. The van der Waals surface area contributed by atoms with Gasteiger partial charge in [0.15, 0.2) is 0 Å². The van der Waals surface area contributed by atoms with Crippen molar-refractivity contribution >= 4 is 11.7 Å². The van der Waals surface area contributed by atoms with Crippen molar-refractivity contribution in [2.24, 2.45) is 0 Å². The molecule has 3 aromatic rings. The van der Waals surface area contributed by atoms with Gasteiger partial charge in [-0.2, -0.15) is 13.2 Å². The van der Waals surface area contributed by atoms with Gasteiger partial charge in [0.2, 0.25) is 5.91 Å². The van der Waals surface area contributed by atoms with Gasteiger partial charge in [-0.1, -0.05) is 36.4 Å². The van der Waals surface area contributed by atoms with Gasteiger partial charge in [-0.05, 0) is 33.7 Å². The number of nitrogens with zero attached hydrogens (tertiary/aromatic N) is 3. The third-order valence-corrected chi connectivity index (χ3v) is 4.97. The fraction of sp³-hybridized carbons (Fsp3) is 0.238. The molecule has 1 aliphatic heterocycles. The fourth-order valence-corrected chi connectivity index (χ4v) is 3.40. The maximum atomic E-state index is 12.7.